The Bertz CT molecular complexity index is 1190. The number of hydrogen-bond donors (Lipinski definition) is 2. The van der Waals surface area contributed by atoms with Gasteiger partial charge in [-0.1, -0.05) is 72.4 Å². The van der Waals surface area contributed by atoms with Crippen molar-refractivity contribution in [3.63, 3.8) is 0 Å². The fourth-order valence-corrected chi connectivity index (χ4v) is 3.46. The molecule has 2 aromatic carbocycles. The van der Waals surface area contributed by atoms with E-state index in [0.717, 1.165) is 22.9 Å². The zero-order valence-electron chi connectivity index (χ0n) is 16.9. The second kappa shape index (κ2) is 10.4. The maximum absolute atomic E-state index is 12.1. The van der Waals surface area contributed by atoms with Crippen LogP contribution < -0.4 is 10.6 Å². The highest BCUT2D eigenvalue weighted by Gasteiger charge is 2.15. The van der Waals surface area contributed by atoms with E-state index in [4.69, 9.17) is 4.42 Å². The Morgan fingerprint density at radius 3 is 2.19 bits per heavy atom. The van der Waals surface area contributed by atoms with E-state index in [1.807, 2.05) is 60.7 Å². The Kier molecular flexibility index (Phi) is 6.88. The molecule has 0 bridgehead atoms. The third-order valence-electron chi connectivity index (χ3n) is 4.35. The Labute approximate surface area is 188 Å². The molecule has 4 aromatic rings. The third kappa shape index (κ3) is 5.58. The van der Waals surface area contributed by atoms with Crippen molar-refractivity contribution >= 4 is 23.7 Å². The van der Waals surface area contributed by atoms with E-state index in [0.29, 0.717) is 22.3 Å². The molecule has 2 aromatic heterocycles. The van der Waals surface area contributed by atoms with Crippen molar-refractivity contribution in [1.82, 2.24) is 25.8 Å². The van der Waals surface area contributed by atoms with Gasteiger partial charge in [0.05, 0.1) is 18.6 Å². The quantitative estimate of drug-likeness (QED) is 0.415. The van der Waals surface area contributed by atoms with E-state index in [9.17, 15) is 9.59 Å². The molecule has 2 heterocycles. The van der Waals surface area contributed by atoms with Crippen molar-refractivity contribution in [3.05, 3.63) is 84.8 Å². The molecule has 0 aliphatic heterocycles. The molecule has 8 nitrogen and oxygen atoms in total. The van der Waals surface area contributed by atoms with Gasteiger partial charge in [-0.25, -0.2) is 9.78 Å². The van der Waals surface area contributed by atoms with Gasteiger partial charge in [0, 0.05) is 11.1 Å². The molecule has 3 amide bonds. The predicted octanol–water partition coefficient (Wildman–Crippen LogP) is 3.92. The summed E-state index contributed by atoms with van der Waals surface area (Å²) in [5.41, 5.74) is 3.12. The molecular weight excluding hydrogens is 426 g/mol. The van der Waals surface area contributed by atoms with E-state index >= 15 is 0 Å². The topological polar surface area (TPSA) is 110 Å². The van der Waals surface area contributed by atoms with E-state index in [1.54, 1.807) is 12.1 Å². The first kappa shape index (κ1) is 21.3. The van der Waals surface area contributed by atoms with Gasteiger partial charge in [-0.2, -0.15) is 0 Å². The maximum atomic E-state index is 12.1. The van der Waals surface area contributed by atoms with Crippen molar-refractivity contribution in [2.75, 3.05) is 5.75 Å². The van der Waals surface area contributed by atoms with Crippen molar-refractivity contribution in [1.29, 1.82) is 0 Å². The molecule has 0 fully saturated rings. The van der Waals surface area contributed by atoms with E-state index in [-0.39, 0.29) is 12.3 Å². The zero-order chi connectivity index (χ0) is 22.2. The van der Waals surface area contributed by atoms with Gasteiger partial charge in [-0.15, -0.1) is 10.2 Å². The molecule has 160 valence electrons. The highest BCUT2D eigenvalue weighted by Crippen LogP contribution is 2.29. The number of nitrogens with one attached hydrogen (secondary N) is 2. The Balaban J connectivity index is 1.42. The summed E-state index contributed by atoms with van der Waals surface area (Å²) in [7, 11) is 0. The number of furan rings is 1. The predicted molar refractivity (Wildman–Crippen MR) is 121 cm³/mol. The molecule has 0 aliphatic rings. The Hall–Kier alpha value is -3.98. The van der Waals surface area contributed by atoms with Gasteiger partial charge in [-0.05, 0) is 12.1 Å². The molecule has 0 atom stereocenters. The van der Waals surface area contributed by atoms with Gasteiger partial charge in [0.2, 0.25) is 11.1 Å². The number of nitrogens with zero attached hydrogens (tertiary/aromatic N) is 3. The minimum Gasteiger partial charge on any atom is -0.467 e. The summed E-state index contributed by atoms with van der Waals surface area (Å²) >= 11 is 1.10. The first-order valence-electron chi connectivity index (χ1n) is 9.77. The van der Waals surface area contributed by atoms with Gasteiger partial charge in [0.15, 0.2) is 0 Å². The fraction of sp³-hybridized carbons (Fsp3) is 0.0870. The van der Waals surface area contributed by atoms with Crippen LogP contribution in [0.3, 0.4) is 0 Å². The summed E-state index contributed by atoms with van der Waals surface area (Å²) in [4.78, 5) is 28.6. The SMILES string of the molecule is O=C(CSc1nnc(-c2ccccc2)c(-c2ccccc2)n1)NC(=O)NCc1ccco1. The molecule has 0 spiro atoms. The van der Waals surface area contributed by atoms with E-state index < -0.39 is 11.9 Å². The molecule has 0 saturated heterocycles. The molecule has 0 aliphatic carbocycles. The normalized spacial score (nSPS) is 10.5. The lowest BCUT2D eigenvalue weighted by Gasteiger charge is -2.09. The van der Waals surface area contributed by atoms with Crippen molar-refractivity contribution in [3.8, 4) is 22.5 Å². The van der Waals surface area contributed by atoms with Crippen molar-refractivity contribution in [2.24, 2.45) is 0 Å². The average molecular weight is 446 g/mol. The summed E-state index contributed by atoms with van der Waals surface area (Å²) in [6, 6.07) is 22.2. The summed E-state index contributed by atoms with van der Waals surface area (Å²) < 4.78 is 5.13. The van der Waals surface area contributed by atoms with Gasteiger partial charge >= 0.3 is 6.03 Å². The largest absolute Gasteiger partial charge is 0.467 e. The molecule has 4 rings (SSSR count). The van der Waals surface area contributed by atoms with Gasteiger partial charge < -0.3 is 9.73 Å². The number of aromatic nitrogens is 3. The minimum atomic E-state index is -0.601. The summed E-state index contributed by atoms with van der Waals surface area (Å²) in [6.07, 6.45) is 1.51. The highest BCUT2D eigenvalue weighted by atomic mass is 32.2. The number of rotatable bonds is 7. The van der Waals surface area contributed by atoms with Crippen LogP contribution in [0.1, 0.15) is 5.76 Å². The van der Waals surface area contributed by atoms with Crippen LogP contribution in [0.2, 0.25) is 0 Å². The van der Waals surface area contributed by atoms with Crippen LogP contribution in [0.5, 0.6) is 0 Å². The van der Waals surface area contributed by atoms with E-state index in [1.165, 1.54) is 6.26 Å². The second-order valence-electron chi connectivity index (χ2n) is 6.62. The number of benzene rings is 2. The lowest BCUT2D eigenvalue weighted by atomic mass is 10.0. The number of thioether (sulfide) groups is 1. The van der Waals surface area contributed by atoms with Crippen LogP contribution in [0.15, 0.2) is 88.6 Å². The van der Waals surface area contributed by atoms with Gasteiger partial charge in [-0.3, -0.25) is 10.1 Å². The monoisotopic (exact) mass is 445 g/mol. The first-order valence-corrected chi connectivity index (χ1v) is 10.8. The lowest BCUT2D eigenvalue weighted by Crippen LogP contribution is -2.39. The highest BCUT2D eigenvalue weighted by molar-refractivity contribution is 7.99. The zero-order valence-corrected chi connectivity index (χ0v) is 17.7. The first-order chi connectivity index (χ1) is 15.7. The molecule has 0 unspecified atom stereocenters. The van der Waals surface area contributed by atoms with Crippen LogP contribution >= 0.6 is 11.8 Å². The fourth-order valence-electron chi connectivity index (χ4n) is 2.88. The summed E-state index contributed by atoms with van der Waals surface area (Å²) in [5, 5.41) is 13.7. The lowest BCUT2D eigenvalue weighted by molar-refractivity contribution is -0.117. The Morgan fingerprint density at radius 2 is 1.53 bits per heavy atom. The van der Waals surface area contributed by atoms with E-state index in [2.05, 4.69) is 25.8 Å². The number of imide groups is 1. The van der Waals surface area contributed by atoms with Crippen LogP contribution in [0, 0.1) is 0 Å². The Morgan fingerprint density at radius 1 is 0.844 bits per heavy atom. The second-order valence-corrected chi connectivity index (χ2v) is 7.57. The van der Waals surface area contributed by atoms with Crippen molar-refractivity contribution < 1.29 is 14.0 Å². The van der Waals surface area contributed by atoms with Crippen LogP contribution in [0.25, 0.3) is 22.5 Å². The molecule has 32 heavy (non-hydrogen) atoms. The minimum absolute atomic E-state index is 0.0330. The number of carbonyl (C=O) groups is 2. The maximum Gasteiger partial charge on any atom is 0.321 e. The van der Waals surface area contributed by atoms with Crippen molar-refractivity contribution in [2.45, 2.75) is 11.7 Å². The van der Waals surface area contributed by atoms with Crippen LogP contribution in [-0.2, 0) is 11.3 Å². The third-order valence-corrected chi connectivity index (χ3v) is 5.19. The van der Waals surface area contributed by atoms with Crippen LogP contribution in [-0.4, -0.2) is 32.9 Å². The molecule has 9 heteroatoms. The van der Waals surface area contributed by atoms with Crippen LogP contribution in [0.4, 0.5) is 4.79 Å². The standard InChI is InChI=1S/C23H19N5O3S/c29-19(25-22(30)24-14-18-12-7-13-31-18)15-32-23-26-20(16-8-3-1-4-9-16)21(27-28-23)17-10-5-2-6-11-17/h1-13H,14-15H2,(H2,24,25,29,30). The summed E-state index contributed by atoms with van der Waals surface area (Å²) in [6.45, 7) is 0.188. The van der Waals surface area contributed by atoms with Gasteiger partial charge in [0.1, 0.15) is 17.1 Å². The van der Waals surface area contributed by atoms with Gasteiger partial charge in [0.25, 0.3) is 0 Å². The smallest absolute Gasteiger partial charge is 0.321 e. The summed E-state index contributed by atoms with van der Waals surface area (Å²) in [5.74, 6) is 0.0896. The molecule has 0 radical (unpaired) electrons. The number of amides is 3. The molecule has 2 N–H and O–H groups in total. The molecule has 0 saturated carbocycles. The molecular formula is C23H19N5O3S. The number of carbonyl (C=O) groups excluding carboxylic acids is 2. The number of urea groups is 1. The average Bonchev–Trinajstić information content (AvgIpc) is 3.36. The number of hydrogen-bond acceptors (Lipinski definition) is 7.